The first-order valence-corrected chi connectivity index (χ1v) is 4.67. The van der Waals surface area contributed by atoms with Gasteiger partial charge in [0.05, 0.1) is 12.8 Å². The molecule has 0 saturated carbocycles. The van der Waals surface area contributed by atoms with Crippen LogP contribution in [0.3, 0.4) is 0 Å². The van der Waals surface area contributed by atoms with Gasteiger partial charge in [0.25, 0.3) is 0 Å². The van der Waals surface area contributed by atoms with Gasteiger partial charge in [-0.25, -0.2) is 9.59 Å². The molecule has 1 aromatic heterocycles. The van der Waals surface area contributed by atoms with E-state index >= 15 is 0 Å². The van der Waals surface area contributed by atoms with Crippen molar-refractivity contribution in [1.82, 2.24) is 9.78 Å². The van der Waals surface area contributed by atoms with Gasteiger partial charge in [-0.1, -0.05) is 6.92 Å². The van der Waals surface area contributed by atoms with Gasteiger partial charge in [0, 0.05) is 6.20 Å². The molecular formula is C9H13N3O4. The van der Waals surface area contributed by atoms with Gasteiger partial charge < -0.3 is 15.6 Å². The van der Waals surface area contributed by atoms with Crippen LogP contribution in [0.4, 0.5) is 5.69 Å². The number of esters is 1. The highest BCUT2D eigenvalue weighted by Crippen LogP contribution is 2.17. The van der Waals surface area contributed by atoms with Crippen molar-refractivity contribution in [1.29, 1.82) is 0 Å². The Balaban J connectivity index is 3.08. The van der Waals surface area contributed by atoms with Crippen molar-refractivity contribution in [3.63, 3.8) is 0 Å². The topological polar surface area (TPSA) is 107 Å². The maximum atomic E-state index is 11.2. The largest absolute Gasteiger partial charge is 0.480 e. The standard InChI is InChI=1S/C9H13N3O4/c1-3-6(8(13)14)12-4-5(10)7(11-12)9(15)16-2/h4,6H,3,10H2,1-2H3,(H,13,14). The van der Waals surface area contributed by atoms with Gasteiger partial charge in [-0.2, -0.15) is 5.10 Å². The van der Waals surface area contributed by atoms with Crippen molar-refractivity contribution < 1.29 is 19.4 Å². The number of anilines is 1. The van der Waals surface area contributed by atoms with Crippen LogP contribution in [0.1, 0.15) is 29.9 Å². The summed E-state index contributed by atoms with van der Waals surface area (Å²) in [4.78, 5) is 22.1. The fourth-order valence-electron chi connectivity index (χ4n) is 1.30. The number of ether oxygens (including phenoxy) is 1. The number of rotatable bonds is 4. The lowest BCUT2D eigenvalue weighted by molar-refractivity contribution is -0.141. The number of aromatic nitrogens is 2. The van der Waals surface area contributed by atoms with Crippen molar-refractivity contribution in [2.45, 2.75) is 19.4 Å². The zero-order valence-corrected chi connectivity index (χ0v) is 9.01. The molecule has 0 aliphatic heterocycles. The Labute approximate surface area is 91.8 Å². The Morgan fingerprint density at radius 3 is 2.75 bits per heavy atom. The van der Waals surface area contributed by atoms with E-state index in [0.717, 1.165) is 4.68 Å². The van der Waals surface area contributed by atoms with Gasteiger partial charge in [0.1, 0.15) is 6.04 Å². The number of nitrogens with zero attached hydrogens (tertiary/aromatic N) is 2. The van der Waals surface area contributed by atoms with Crippen LogP contribution in [-0.4, -0.2) is 33.9 Å². The maximum Gasteiger partial charge on any atom is 0.360 e. The molecule has 7 nitrogen and oxygen atoms in total. The highest BCUT2D eigenvalue weighted by atomic mass is 16.5. The molecule has 7 heteroatoms. The van der Waals surface area contributed by atoms with Crippen LogP contribution < -0.4 is 5.73 Å². The number of hydrogen-bond donors (Lipinski definition) is 2. The van der Waals surface area contributed by atoms with Gasteiger partial charge >= 0.3 is 11.9 Å². The lowest BCUT2D eigenvalue weighted by Gasteiger charge is -2.09. The molecule has 3 N–H and O–H groups in total. The lowest BCUT2D eigenvalue weighted by atomic mass is 10.2. The molecule has 1 heterocycles. The SMILES string of the molecule is CCC(C(=O)O)n1cc(N)c(C(=O)OC)n1. The zero-order valence-electron chi connectivity index (χ0n) is 9.01. The van der Waals surface area contributed by atoms with E-state index in [1.54, 1.807) is 6.92 Å². The molecule has 0 aliphatic rings. The van der Waals surface area contributed by atoms with E-state index in [2.05, 4.69) is 9.84 Å². The monoisotopic (exact) mass is 227 g/mol. The minimum absolute atomic E-state index is 0.0674. The van der Waals surface area contributed by atoms with Crippen LogP contribution in [0.2, 0.25) is 0 Å². The zero-order chi connectivity index (χ0) is 12.3. The van der Waals surface area contributed by atoms with Gasteiger partial charge in [0.2, 0.25) is 0 Å². The number of carboxylic acid groups (broad SMARTS) is 1. The summed E-state index contributed by atoms with van der Waals surface area (Å²) in [5.74, 6) is -1.71. The second-order valence-electron chi connectivity index (χ2n) is 3.17. The Morgan fingerprint density at radius 2 is 2.31 bits per heavy atom. The number of nitrogen functional groups attached to an aromatic ring is 1. The summed E-state index contributed by atoms with van der Waals surface area (Å²) in [6, 6.07) is -0.833. The Bertz CT molecular complexity index is 413. The van der Waals surface area contributed by atoms with Crippen molar-refractivity contribution >= 4 is 17.6 Å². The summed E-state index contributed by atoms with van der Waals surface area (Å²) in [6.07, 6.45) is 1.66. The van der Waals surface area contributed by atoms with Gasteiger partial charge in [0.15, 0.2) is 5.69 Å². The molecule has 0 bridgehead atoms. The molecular weight excluding hydrogens is 214 g/mol. The Kier molecular flexibility index (Phi) is 3.49. The quantitative estimate of drug-likeness (QED) is 0.715. The molecule has 0 aromatic carbocycles. The minimum Gasteiger partial charge on any atom is -0.480 e. The van der Waals surface area contributed by atoms with Crippen LogP contribution in [0.25, 0.3) is 0 Å². The summed E-state index contributed by atoms with van der Waals surface area (Å²) in [6.45, 7) is 1.70. The summed E-state index contributed by atoms with van der Waals surface area (Å²) < 4.78 is 5.62. The normalized spacial score (nSPS) is 12.1. The second kappa shape index (κ2) is 4.65. The lowest BCUT2D eigenvalue weighted by Crippen LogP contribution is -2.19. The molecule has 0 aliphatic carbocycles. The van der Waals surface area contributed by atoms with Crippen LogP contribution in [0.15, 0.2) is 6.20 Å². The van der Waals surface area contributed by atoms with E-state index in [1.165, 1.54) is 13.3 Å². The molecule has 0 radical (unpaired) electrons. The van der Waals surface area contributed by atoms with Crippen molar-refractivity contribution in [3.8, 4) is 0 Å². The Morgan fingerprint density at radius 1 is 1.69 bits per heavy atom. The number of nitrogens with two attached hydrogens (primary N) is 1. The fourth-order valence-corrected chi connectivity index (χ4v) is 1.30. The number of carbonyl (C=O) groups excluding carboxylic acids is 1. The van der Waals surface area contributed by atoms with Gasteiger partial charge in [-0.3, -0.25) is 4.68 Å². The van der Waals surface area contributed by atoms with E-state index in [4.69, 9.17) is 10.8 Å². The number of methoxy groups -OCH3 is 1. The predicted molar refractivity (Wildman–Crippen MR) is 54.9 cm³/mol. The number of carboxylic acids is 1. The van der Waals surface area contributed by atoms with E-state index < -0.39 is 18.0 Å². The van der Waals surface area contributed by atoms with E-state index in [-0.39, 0.29) is 11.4 Å². The van der Waals surface area contributed by atoms with Gasteiger partial charge in [-0.05, 0) is 6.42 Å². The first-order valence-electron chi connectivity index (χ1n) is 4.67. The third-order valence-electron chi connectivity index (χ3n) is 2.13. The van der Waals surface area contributed by atoms with Crippen LogP contribution in [0.5, 0.6) is 0 Å². The van der Waals surface area contributed by atoms with E-state index in [9.17, 15) is 9.59 Å². The average molecular weight is 227 g/mol. The van der Waals surface area contributed by atoms with Crippen LogP contribution in [-0.2, 0) is 9.53 Å². The average Bonchev–Trinajstić information content (AvgIpc) is 2.59. The molecule has 1 rings (SSSR count). The van der Waals surface area contributed by atoms with Crippen molar-refractivity contribution in [2.24, 2.45) is 0 Å². The minimum atomic E-state index is -1.03. The van der Waals surface area contributed by atoms with E-state index in [0.29, 0.717) is 6.42 Å². The molecule has 16 heavy (non-hydrogen) atoms. The molecule has 0 fully saturated rings. The second-order valence-corrected chi connectivity index (χ2v) is 3.17. The van der Waals surface area contributed by atoms with Crippen molar-refractivity contribution in [3.05, 3.63) is 11.9 Å². The smallest absolute Gasteiger partial charge is 0.360 e. The van der Waals surface area contributed by atoms with Gasteiger partial charge in [-0.15, -0.1) is 0 Å². The molecule has 0 saturated heterocycles. The third-order valence-corrected chi connectivity index (χ3v) is 2.13. The molecule has 1 unspecified atom stereocenters. The highest BCUT2D eigenvalue weighted by Gasteiger charge is 2.22. The summed E-state index contributed by atoms with van der Waals surface area (Å²) in [7, 11) is 1.20. The molecule has 0 amide bonds. The van der Waals surface area contributed by atoms with Crippen LogP contribution in [0, 0.1) is 0 Å². The first kappa shape index (κ1) is 12.0. The number of hydrogen-bond acceptors (Lipinski definition) is 5. The van der Waals surface area contributed by atoms with Crippen molar-refractivity contribution in [2.75, 3.05) is 12.8 Å². The molecule has 1 aromatic rings. The van der Waals surface area contributed by atoms with Crippen LogP contribution >= 0.6 is 0 Å². The van der Waals surface area contributed by atoms with E-state index in [1.807, 2.05) is 0 Å². The third kappa shape index (κ3) is 2.13. The summed E-state index contributed by atoms with van der Waals surface area (Å²) in [5.41, 5.74) is 5.57. The molecule has 0 spiro atoms. The maximum absolute atomic E-state index is 11.2. The molecule has 88 valence electrons. The predicted octanol–water partition coefficient (Wildman–Crippen LogP) is 0.288. The molecule has 1 atom stereocenters. The number of carbonyl (C=O) groups is 2. The first-order chi connectivity index (χ1) is 7.51. The fraction of sp³-hybridized carbons (Fsp3) is 0.444. The Hall–Kier alpha value is -2.05. The number of aliphatic carboxylic acids is 1. The summed E-state index contributed by atoms with van der Waals surface area (Å²) in [5, 5.41) is 12.7. The highest BCUT2D eigenvalue weighted by molar-refractivity contribution is 5.92. The summed E-state index contributed by atoms with van der Waals surface area (Å²) >= 11 is 0.